The summed E-state index contributed by atoms with van der Waals surface area (Å²) in [5.41, 5.74) is 1.90. The van der Waals surface area contributed by atoms with E-state index in [0.717, 1.165) is 61.0 Å². The molecule has 2 aromatic rings. The van der Waals surface area contributed by atoms with Crippen molar-refractivity contribution in [3.05, 3.63) is 51.1 Å². The summed E-state index contributed by atoms with van der Waals surface area (Å²) in [5.74, 6) is 3.26. The number of H-pyrrole nitrogens is 1. The Morgan fingerprint density at radius 2 is 2.12 bits per heavy atom. The molecule has 3 heterocycles. The number of hydrogen-bond donors (Lipinski definition) is 1. The van der Waals surface area contributed by atoms with Crippen LogP contribution in [0.2, 0.25) is 0 Å². The fourth-order valence-corrected chi connectivity index (χ4v) is 3.99. The molecule has 0 aromatic carbocycles. The third-order valence-electron chi connectivity index (χ3n) is 5.33. The van der Waals surface area contributed by atoms with Crippen LogP contribution < -0.4 is 5.56 Å². The van der Waals surface area contributed by atoms with E-state index in [1.54, 1.807) is 0 Å². The molecule has 1 fully saturated rings. The number of aryl methyl sites for hydroxylation is 1. The first-order valence-electron chi connectivity index (χ1n) is 9.08. The van der Waals surface area contributed by atoms with Crippen molar-refractivity contribution in [3.63, 3.8) is 0 Å². The Kier molecular flexibility index (Phi) is 4.27. The number of nitrogens with zero attached hydrogens (tertiary/aromatic N) is 2. The lowest BCUT2D eigenvalue weighted by atomic mass is 9.88. The Morgan fingerprint density at radius 1 is 1.29 bits per heavy atom. The van der Waals surface area contributed by atoms with Crippen LogP contribution in [0.15, 0.2) is 21.3 Å². The lowest BCUT2D eigenvalue weighted by Gasteiger charge is -2.28. The maximum absolute atomic E-state index is 12.6. The summed E-state index contributed by atoms with van der Waals surface area (Å²) >= 11 is 0. The molecule has 2 aliphatic rings. The predicted octanol–water partition coefficient (Wildman–Crippen LogP) is 3.28. The highest BCUT2D eigenvalue weighted by molar-refractivity contribution is 5.22. The highest BCUT2D eigenvalue weighted by Gasteiger charge is 2.24. The molecule has 1 saturated carbocycles. The minimum Gasteiger partial charge on any atom is -0.465 e. The third kappa shape index (κ3) is 3.18. The van der Waals surface area contributed by atoms with Gasteiger partial charge in [-0.2, -0.15) is 0 Å². The molecule has 5 nitrogen and oxygen atoms in total. The Bertz CT molecular complexity index is 771. The number of rotatable bonds is 3. The van der Waals surface area contributed by atoms with E-state index in [9.17, 15) is 4.79 Å². The first-order chi connectivity index (χ1) is 11.7. The second-order valence-corrected chi connectivity index (χ2v) is 7.18. The number of nitrogens with one attached hydrogen (secondary N) is 1. The van der Waals surface area contributed by atoms with Crippen molar-refractivity contribution in [3.8, 4) is 0 Å². The van der Waals surface area contributed by atoms with Gasteiger partial charge in [0.25, 0.3) is 5.56 Å². The third-order valence-corrected chi connectivity index (χ3v) is 5.33. The van der Waals surface area contributed by atoms with Gasteiger partial charge in [-0.25, -0.2) is 4.98 Å². The minimum absolute atomic E-state index is 0.0564. The zero-order chi connectivity index (χ0) is 16.5. The molecular formula is C19H25N3O2. The first-order valence-corrected chi connectivity index (χ1v) is 9.08. The quantitative estimate of drug-likeness (QED) is 0.940. The molecule has 5 heteroatoms. The first kappa shape index (κ1) is 15.6. The van der Waals surface area contributed by atoms with E-state index < -0.39 is 0 Å². The van der Waals surface area contributed by atoms with Gasteiger partial charge < -0.3 is 9.40 Å². The molecule has 0 unspecified atom stereocenters. The SMILES string of the molecule is Cc1ccc(CN2CCc3nc(C4CCCCC4)[nH]c(=O)c3C2)o1. The molecule has 128 valence electrons. The second kappa shape index (κ2) is 6.55. The number of fused-ring (bicyclic) bond motifs is 1. The van der Waals surface area contributed by atoms with Gasteiger partial charge in [0.1, 0.15) is 17.3 Å². The number of aromatic nitrogens is 2. The van der Waals surface area contributed by atoms with E-state index in [4.69, 9.17) is 9.40 Å². The van der Waals surface area contributed by atoms with E-state index in [1.165, 1.54) is 19.3 Å². The van der Waals surface area contributed by atoms with Crippen LogP contribution in [0.1, 0.15) is 66.6 Å². The fourth-order valence-electron chi connectivity index (χ4n) is 3.99. The predicted molar refractivity (Wildman–Crippen MR) is 91.9 cm³/mol. The Balaban J connectivity index is 1.52. The molecule has 1 N–H and O–H groups in total. The fraction of sp³-hybridized carbons (Fsp3) is 0.579. The van der Waals surface area contributed by atoms with Gasteiger partial charge >= 0.3 is 0 Å². The minimum atomic E-state index is 0.0564. The van der Waals surface area contributed by atoms with Gasteiger partial charge in [-0.15, -0.1) is 0 Å². The molecule has 24 heavy (non-hydrogen) atoms. The van der Waals surface area contributed by atoms with E-state index in [0.29, 0.717) is 12.5 Å². The van der Waals surface area contributed by atoms with Gasteiger partial charge in [0.05, 0.1) is 17.8 Å². The molecule has 1 aliphatic carbocycles. The van der Waals surface area contributed by atoms with Crippen LogP contribution in [-0.4, -0.2) is 21.4 Å². The van der Waals surface area contributed by atoms with Crippen LogP contribution in [0.4, 0.5) is 0 Å². The van der Waals surface area contributed by atoms with Gasteiger partial charge in [0, 0.05) is 25.4 Å². The average Bonchev–Trinajstić information content (AvgIpc) is 3.01. The molecule has 0 bridgehead atoms. The smallest absolute Gasteiger partial charge is 0.255 e. The summed E-state index contributed by atoms with van der Waals surface area (Å²) in [7, 11) is 0. The van der Waals surface area contributed by atoms with E-state index in [2.05, 4.69) is 9.88 Å². The molecule has 0 amide bonds. The molecule has 0 radical (unpaired) electrons. The van der Waals surface area contributed by atoms with Crippen molar-refractivity contribution in [2.45, 2.75) is 64.5 Å². The maximum atomic E-state index is 12.6. The van der Waals surface area contributed by atoms with Gasteiger partial charge in [0.2, 0.25) is 0 Å². The molecule has 0 saturated heterocycles. The summed E-state index contributed by atoms with van der Waals surface area (Å²) in [5, 5.41) is 0. The average molecular weight is 327 g/mol. The van der Waals surface area contributed by atoms with Crippen LogP contribution in [0, 0.1) is 6.92 Å². The Hall–Kier alpha value is -1.88. The van der Waals surface area contributed by atoms with E-state index in [-0.39, 0.29) is 5.56 Å². The van der Waals surface area contributed by atoms with Crippen molar-refractivity contribution in [2.24, 2.45) is 0 Å². The molecule has 0 spiro atoms. The van der Waals surface area contributed by atoms with E-state index in [1.807, 2.05) is 19.1 Å². The Morgan fingerprint density at radius 3 is 2.88 bits per heavy atom. The molecule has 2 aromatic heterocycles. The van der Waals surface area contributed by atoms with Crippen LogP contribution in [0.5, 0.6) is 0 Å². The van der Waals surface area contributed by atoms with Crippen LogP contribution in [-0.2, 0) is 19.5 Å². The maximum Gasteiger partial charge on any atom is 0.255 e. The zero-order valence-corrected chi connectivity index (χ0v) is 14.3. The summed E-state index contributed by atoms with van der Waals surface area (Å²) < 4.78 is 5.66. The van der Waals surface area contributed by atoms with Crippen LogP contribution in [0.3, 0.4) is 0 Å². The van der Waals surface area contributed by atoms with Crippen molar-refractivity contribution < 1.29 is 4.42 Å². The van der Waals surface area contributed by atoms with Crippen LogP contribution >= 0.6 is 0 Å². The molecule has 4 rings (SSSR count). The van der Waals surface area contributed by atoms with Crippen molar-refractivity contribution in [2.75, 3.05) is 6.54 Å². The standard InChI is InChI=1S/C19H25N3O2/c1-13-7-8-15(24-13)11-22-10-9-17-16(12-22)19(23)21-18(20-17)14-5-3-2-4-6-14/h7-8,14H,2-6,9-12H2,1H3,(H,20,21,23). The van der Waals surface area contributed by atoms with Crippen LogP contribution in [0.25, 0.3) is 0 Å². The van der Waals surface area contributed by atoms with Gasteiger partial charge in [-0.3, -0.25) is 9.69 Å². The number of furan rings is 1. The van der Waals surface area contributed by atoms with Crippen molar-refractivity contribution in [1.82, 2.24) is 14.9 Å². The van der Waals surface area contributed by atoms with Gasteiger partial charge in [0.15, 0.2) is 0 Å². The second-order valence-electron chi connectivity index (χ2n) is 7.18. The molecule has 0 atom stereocenters. The van der Waals surface area contributed by atoms with Crippen molar-refractivity contribution in [1.29, 1.82) is 0 Å². The highest BCUT2D eigenvalue weighted by atomic mass is 16.3. The van der Waals surface area contributed by atoms with Gasteiger partial charge in [-0.05, 0) is 31.9 Å². The summed E-state index contributed by atoms with van der Waals surface area (Å²) in [6.07, 6.45) is 6.98. The lowest BCUT2D eigenvalue weighted by Crippen LogP contribution is -2.36. The number of hydrogen-bond acceptors (Lipinski definition) is 4. The van der Waals surface area contributed by atoms with Gasteiger partial charge in [-0.1, -0.05) is 19.3 Å². The molecular weight excluding hydrogens is 302 g/mol. The van der Waals surface area contributed by atoms with Crippen molar-refractivity contribution >= 4 is 0 Å². The Labute approximate surface area is 142 Å². The zero-order valence-electron chi connectivity index (χ0n) is 14.3. The summed E-state index contributed by atoms with van der Waals surface area (Å²) in [6, 6.07) is 4.00. The summed E-state index contributed by atoms with van der Waals surface area (Å²) in [4.78, 5) is 22.8. The highest BCUT2D eigenvalue weighted by Crippen LogP contribution is 2.30. The lowest BCUT2D eigenvalue weighted by molar-refractivity contribution is 0.220. The normalized spacial score (nSPS) is 19.4. The largest absolute Gasteiger partial charge is 0.465 e. The topological polar surface area (TPSA) is 62.1 Å². The summed E-state index contributed by atoms with van der Waals surface area (Å²) in [6.45, 7) is 4.28. The number of aromatic amines is 1. The molecule has 1 aliphatic heterocycles. The van der Waals surface area contributed by atoms with E-state index >= 15 is 0 Å². The monoisotopic (exact) mass is 327 g/mol.